The fraction of sp³-hybridized carbons (Fsp3) is 0.400. The molecule has 0 aromatic carbocycles. The molecule has 0 bridgehead atoms. The lowest BCUT2D eigenvalue weighted by molar-refractivity contribution is 0.399. The molecule has 2 rings (SSSR count). The van der Waals surface area contributed by atoms with Crippen LogP contribution in [0.25, 0.3) is 11.2 Å². The largest absolute Gasteiger partial charge is 0.481 e. The first-order valence-electron chi connectivity index (χ1n) is 4.92. The second-order valence-corrected chi connectivity index (χ2v) is 4.30. The number of methoxy groups -OCH3 is 1. The fourth-order valence-electron chi connectivity index (χ4n) is 1.52. The van der Waals surface area contributed by atoms with Crippen LogP contribution in [0.2, 0.25) is 0 Å². The summed E-state index contributed by atoms with van der Waals surface area (Å²) in [4.78, 5) is 8.61. The van der Waals surface area contributed by atoms with Crippen molar-refractivity contribution in [3.8, 4) is 5.88 Å². The Morgan fingerprint density at radius 1 is 1.44 bits per heavy atom. The monoisotopic (exact) mass is 238 g/mol. The molecule has 0 fully saturated rings. The number of imidazole rings is 1. The first-order valence-corrected chi connectivity index (χ1v) is 6.31. The second kappa shape index (κ2) is 4.61. The van der Waals surface area contributed by atoms with Crippen molar-refractivity contribution in [1.82, 2.24) is 14.5 Å². The summed E-state index contributed by atoms with van der Waals surface area (Å²) in [5.41, 5.74) is 7.44. The van der Waals surface area contributed by atoms with E-state index in [2.05, 4.69) is 16.2 Å². The Morgan fingerprint density at radius 2 is 2.25 bits per heavy atom. The fourth-order valence-corrected chi connectivity index (χ4v) is 1.88. The highest BCUT2D eigenvalue weighted by Crippen LogP contribution is 2.19. The lowest BCUT2D eigenvalue weighted by Crippen LogP contribution is -2.06. The number of ether oxygens (including phenoxy) is 1. The van der Waals surface area contributed by atoms with Crippen molar-refractivity contribution in [2.45, 2.75) is 6.54 Å². The predicted octanol–water partition coefficient (Wildman–Crippen LogP) is 1.39. The number of fused-ring (bicyclic) bond motifs is 1. The average Bonchev–Trinajstić information content (AvgIpc) is 2.61. The SMILES string of the molecule is COc1ccc2nc(N)n(CCSC)c2n1. The molecule has 2 heterocycles. The number of thioether (sulfide) groups is 1. The van der Waals surface area contributed by atoms with E-state index >= 15 is 0 Å². The summed E-state index contributed by atoms with van der Waals surface area (Å²) in [7, 11) is 1.60. The molecule has 16 heavy (non-hydrogen) atoms. The number of pyridine rings is 1. The minimum atomic E-state index is 0.504. The quantitative estimate of drug-likeness (QED) is 0.871. The Bertz CT molecular complexity index is 497. The Balaban J connectivity index is 2.48. The van der Waals surface area contributed by atoms with E-state index in [9.17, 15) is 0 Å². The van der Waals surface area contributed by atoms with Crippen LogP contribution in [0.5, 0.6) is 5.88 Å². The number of hydrogen-bond donors (Lipinski definition) is 1. The van der Waals surface area contributed by atoms with Gasteiger partial charge < -0.3 is 10.5 Å². The van der Waals surface area contributed by atoms with Gasteiger partial charge in [-0.1, -0.05) is 0 Å². The highest BCUT2D eigenvalue weighted by molar-refractivity contribution is 7.98. The Hall–Kier alpha value is -1.43. The van der Waals surface area contributed by atoms with Crippen molar-refractivity contribution in [3.05, 3.63) is 12.1 Å². The van der Waals surface area contributed by atoms with Gasteiger partial charge in [0.05, 0.1) is 7.11 Å². The van der Waals surface area contributed by atoms with Gasteiger partial charge in [-0.2, -0.15) is 16.7 Å². The molecule has 0 amide bonds. The molecule has 0 atom stereocenters. The zero-order valence-electron chi connectivity index (χ0n) is 9.30. The molecule has 5 nitrogen and oxygen atoms in total. The normalized spacial score (nSPS) is 10.9. The Kier molecular flexibility index (Phi) is 3.19. The van der Waals surface area contributed by atoms with E-state index < -0.39 is 0 Å². The van der Waals surface area contributed by atoms with Gasteiger partial charge in [-0.3, -0.25) is 4.57 Å². The van der Waals surface area contributed by atoms with Gasteiger partial charge in [0.25, 0.3) is 0 Å². The molecular formula is C10H14N4OS. The molecule has 0 aliphatic rings. The maximum atomic E-state index is 5.85. The van der Waals surface area contributed by atoms with Gasteiger partial charge in [0.2, 0.25) is 11.8 Å². The van der Waals surface area contributed by atoms with E-state index in [1.807, 2.05) is 10.6 Å². The number of aryl methyl sites for hydroxylation is 1. The Labute approximate surface area is 98.0 Å². The van der Waals surface area contributed by atoms with Gasteiger partial charge in [0, 0.05) is 18.4 Å². The van der Waals surface area contributed by atoms with E-state index in [0.29, 0.717) is 11.8 Å². The summed E-state index contributed by atoms with van der Waals surface area (Å²) < 4.78 is 7.00. The van der Waals surface area contributed by atoms with Crippen LogP contribution in [0, 0.1) is 0 Å². The van der Waals surface area contributed by atoms with Crippen molar-refractivity contribution in [2.24, 2.45) is 0 Å². The van der Waals surface area contributed by atoms with Gasteiger partial charge in [-0.05, 0) is 12.3 Å². The van der Waals surface area contributed by atoms with Gasteiger partial charge in [-0.25, -0.2) is 4.98 Å². The lowest BCUT2D eigenvalue weighted by atomic mass is 10.4. The maximum Gasteiger partial charge on any atom is 0.215 e. The summed E-state index contributed by atoms with van der Waals surface area (Å²) in [6.45, 7) is 0.809. The molecule has 6 heteroatoms. The molecular weight excluding hydrogens is 224 g/mol. The standard InChI is InChI=1S/C10H14N4OS/c1-15-8-4-3-7-9(13-8)14(5-6-16-2)10(11)12-7/h3-4H,5-6H2,1-2H3,(H2,11,12). The minimum absolute atomic E-state index is 0.504. The number of anilines is 1. The zero-order chi connectivity index (χ0) is 11.5. The topological polar surface area (TPSA) is 66.0 Å². The van der Waals surface area contributed by atoms with E-state index in [-0.39, 0.29) is 0 Å². The van der Waals surface area contributed by atoms with E-state index in [0.717, 1.165) is 23.5 Å². The molecule has 2 aromatic rings. The van der Waals surface area contributed by atoms with Crippen LogP contribution in [0.3, 0.4) is 0 Å². The third-order valence-electron chi connectivity index (χ3n) is 2.32. The van der Waals surface area contributed by atoms with Crippen molar-refractivity contribution >= 4 is 28.9 Å². The van der Waals surface area contributed by atoms with Crippen LogP contribution in [0.15, 0.2) is 12.1 Å². The van der Waals surface area contributed by atoms with Crippen molar-refractivity contribution < 1.29 is 4.74 Å². The van der Waals surface area contributed by atoms with Crippen molar-refractivity contribution in [1.29, 1.82) is 0 Å². The highest BCUT2D eigenvalue weighted by atomic mass is 32.2. The number of nitrogen functional groups attached to an aromatic ring is 1. The Morgan fingerprint density at radius 3 is 2.94 bits per heavy atom. The first-order chi connectivity index (χ1) is 7.76. The van der Waals surface area contributed by atoms with Crippen LogP contribution in [0.1, 0.15) is 0 Å². The summed E-state index contributed by atoms with van der Waals surface area (Å²) >= 11 is 1.76. The smallest absolute Gasteiger partial charge is 0.215 e. The highest BCUT2D eigenvalue weighted by Gasteiger charge is 2.09. The van der Waals surface area contributed by atoms with Crippen LogP contribution in [0.4, 0.5) is 5.95 Å². The van der Waals surface area contributed by atoms with Gasteiger partial charge in [0.15, 0.2) is 5.65 Å². The second-order valence-electron chi connectivity index (χ2n) is 3.31. The number of nitrogens with two attached hydrogens (primary N) is 1. The third-order valence-corrected chi connectivity index (χ3v) is 2.92. The van der Waals surface area contributed by atoms with Crippen LogP contribution in [-0.4, -0.2) is 33.7 Å². The number of aromatic nitrogens is 3. The first kappa shape index (κ1) is 11.1. The van der Waals surface area contributed by atoms with Crippen LogP contribution >= 0.6 is 11.8 Å². The van der Waals surface area contributed by atoms with Gasteiger partial charge in [-0.15, -0.1) is 0 Å². The van der Waals surface area contributed by atoms with Crippen molar-refractivity contribution in [2.75, 3.05) is 24.9 Å². The summed E-state index contributed by atoms with van der Waals surface area (Å²) in [6, 6.07) is 3.65. The van der Waals surface area contributed by atoms with E-state index in [1.165, 1.54) is 0 Å². The molecule has 0 spiro atoms. The van der Waals surface area contributed by atoms with Crippen molar-refractivity contribution in [3.63, 3.8) is 0 Å². The molecule has 0 saturated carbocycles. The van der Waals surface area contributed by atoms with E-state index in [4.69, 9.17) is 10.5 Å². The van der Waals surface area contributed by atoms with Crippen LogP contribution in [-0.2, 0) is 6.54 Å². The summed E-state index contributed by atoms with van der Waals surface area (Å²) in [5, 5.41) is 0. The van der Waals surface area contributed by atoms with Crippen LogP contribution < -0.4 is 10.5 Å². The minimum Gasteiger partial charge on any atom is -0.481 e. The molecule has 0 aliphatic heterocycles. The summed E-state index contributed by atoms with van der Waals surface area (Å²) in [5.74, 6) is 2.07. The predicted molar refractivity (Wildman–Crippen MR) is 66.9 cm³/mol. The molecule has 0 saturated heterocycles. The maximum absolute atomic E-state index is 5.85. The molecule has 86 valence electrons. The molecule has 0 unspecified atom stereocenters. The molecule has 2 aromatic heterocycles. The van der Waals surface area contributed by atoms with E-state index in [1.54, 1.807) is 24.9 Å². The molecule has 2 N–H and O–H groups in total. The van der Waals surface area contributed by atoms with Gasteiger partial charge >= 0.3 is 0 Å². The lowest BCUT2D eigenvalue weighted by Gasteiger charge is -2.04. The van der Waals surface area contributed by atoms with Gasteiger partial charge in [0.1, 0.15) is 5.52 Å². The average molecular weight is 238 g/mol. The number of hydrogen-bond acceptors (Lipinski definition) is 5. The number of nitrogens with zero attached hydrogens (tertiary/aromatic N) is 3. The zero-order valence-corrected chi connectivity index (χ0v) is 10.1. The summed E-state index contributed by atoms with van der Waals surface area (Å²) in [6.07, 6.45) is 2.06. The molecule has 0 aliphatic carbocycles. The number of rotatable bonds is 4. The molecule has 0 radical (unpaired) electrons. The third kappa shape index (κ3) is 1.92.